The van der Waals surface area contributed by atoms with E-state index in [2.05, 4.69) is 5.32 Å². The average Bonchev–Trinajstić information content (AvgIpc) is 2.48. The molecule has 0 spiro atoms. The molecule has 0 aromatic heterocycles. The molecule has 21 heavy (non-hydrogen) atoms. The molecule has 0 saturated heterocycles. The monoisotopic (exact) mass is 288 g/mol. The molecule has 2 rings (SSSR count). The van der Waals surface area contributed by atoms with E-state index in [-0.39, 0.29) is 11.8 Å². The molecule has 4 heteroatoms. The molecule has 114 valence electrons. The third-order valence-electron chi connectivity index (χ3n) is 4.05. The molecule has 1 aliphatic carbocycles. The van der Waals surface area contributed by atoms with Crippen LogP contribution in [0.25, 0.3) is 0 Å². The summed E-state index contributed by atoms with van der Waals surface area (Å²) < 4.78 is 0. The Bertz CT molecular complexity index is 507. The van der Waals surface area contributed by atoms with Crippen LogP contribution < -0.4 is 5.32 Å². The highest BCUT2D eigenvalue weighted by Gasteiger charge is 2.25. The molecule has 1 aliphatic rings. The van der Waals surface area contributed by atoms with Gasteiger partial charge in [0.05, 0.1) is 0 Å². The minimum atomic E-state index is -0.126. The summed E-state index contributed by atoms with van der Waals surface area (Å²) in [4.78, 5) is 25.8. The second-order valence-electron chi connectivity index (χ2n) is 5.64. The summed E-state index contributed by atoms with van der Waals surface area (Å²) in [5.41, 5.74) is 1.32. The van der Waals surface area contributed by atoms with E-state index in [9.17, 15) is 9.59 Å². The molecule has 0 bridgehead atoms. The largest absolute Gasteiger partial charge is 0.336 e. The number of carbonyl (C=O) groups is 2. The highest BCUT2D eigenvalue weighted by Crippen LogP contribution is 2.24. The first-order chi connectivity index (χ1) is 10.1. The molecule has 4 nitrogen and oxygen atoms in total. The van der Waals surface area contributed by atoms with Gasteiger partial charge in [0, 0.05) is 30.8 Å². The molecule has 1 fully saturated rings. The molecule has 0 heterocycles. The Balaban J connectivity index is 2.14. The third kappa shape index (κ3) is 4.06. The van der Waals surface area contributed by atoms with Crippen molar-refractivity contribution in [1.29, 1.82) is 0 Å². The lowest BCUT2D eigenvalue weighted by Crippen LogP contribution is -2.41. The van der Waals surface area contributed by atoms with Crippen molar-refractivity contribution in [3.8, 4) is 0 Å². The van der Waals surface area contributed by atoms with Crippen LogP contribution in [0.2, 0.25) is 0 Å². The summed E-state index contributed by atoms with van der Waals surface area (Å²) in [6.07, 6.45) is 5.90. The normalized spacial score (nSPS) is 15.5. The Morgan fingerprint density at radius 1 is 1.24 bits per heavy atom. The van der Waals surface area contributed by atoms with Crippen LogP contribution in [0.1, 0.15) is 56.3 Å². The first-order valence-electron chi connectivity index (χ1n) is 7.80. The highest BCUT2D eigenvalue weighted by molar-refractivity contribution is 5.97. The van der Waals surface area contributed by atoms with E-state index in [0.717, 1.165) is 19.4 Å². The van der Waals surface area contributed by atoms with Crippen LogP contribution in [0.5, 0.6) is 0 Å². The summed E-state index contributed by atoms with van der Waals surface area (Å²) in [5, 5.41) is 2.73. The van der Waals surface area contributed by atoms with Crippen molar-refractivity contribution >= 4 is 17.5 Å². The fraction of sp³-hybridized carbons (Fsp3) is 0.529. The van der Waals surface area contributed by atoms with Gasteiger partial charge in [0.25, 0.3) is 5.91 Å². The number of carbonyl (C=O) groups excluding carboxylic acids is 2. The molecule has 0 unspecified atom stereocenters. The Morgan fingerprint density at radius 3 is 2.57 bits per heavy atom. The number of rotatable bonds is 4. The lowest BCUT2D eigenvalue weighted by atomic mass is 9.93. The fourth-order valence-electron chi connectivity index (χ4n) is 3.06. The first-order valence-corrected chi connectivity index (χ1v) is 7.80. The molecular formula is C17H24N2O2. The standard InChI is InChI=1S/C17H24N2O2/c1-3-19(16-10-5-4-6-11-16)17(21)14-8-7-9-15(12-14)18-13(2)20/h7-9,12,16H,3-6,10-11H2,1-2H3,(H,18,20). The first kappa shape index (κ1) is 15.5. The summed E-state index contributed by atoms with van der Waals surface area (Å²) in [7, 11) is 0. The van der Waals surface area contributed by atoms with Crippen LogP contribution in [-0.4, -0.2) is 29.3 Å². The van der Waals surface area contributed by atoms with Crippen molar-refractivity contribution in [3.05, 3.63) is 29.8 Å². The van der Waals surface area contributed by atoms with Crippen molar-refractivity contribution in [2.75, 3.05) is 11.9 Å². The van der Waals surface area contributed by atoms with Crippen molar-refractivity contribution < 1.29 is 9.59 Å². The van der Waals surface area contributed by atoms with Gasteiger partial charge < -0.3 is 10.2 Å². The number of benzene rings is 1. The molecule has 1 aromatic carbocycles. The zero-order valence-corrected chi connectivity index (χ0v) is 12.9. The van der Waals surface area contributed by atoms with Crippen molar-refractivity contribution in [1.82, 2.24) is 4.90 Å². The van der Waals surface area contributed by atoms with Gasteiger partial charge in [-0.25, -0.2) is 0 Å². The molecule has 2 amide bonds. The Labute approximate surface area is 126 Å². The lowest BCUT2D eigenvalue weighted by Gasteiger charge is -2.33. The number of amides is 2. The van der Waals surface area contributed by atoms with Crippen LogP contribution in [0, 0.1) is 0 Å². The van der Waals surface area contributed by atoms with Gasteiger partial charge in [-0.15, -0.1) is 0 Å². The molecule has 0 atom stereocenters. The second-order valence-corrected chi connectivity index (χ2v) is 5.64. The van der Waals surface area contributed by atoms with Gasteiger partial charge >= 0.3 is 0 Å². The molecular weight excluding hydrogens is 264 g/mol. The van der Waals surface area contributed by atoms with E-state index in [1.807, 2.05) is 24.0 Å². The number of nitrogens with zero attached hydrogens (tertiary/aromatic N) is 1. The van der Waals surface area contributed by atoms with Gasteiger partial charge in [0.15, 0.2) is 0 Å². The predicted octanol–water partition coefficient (Wildman–Crippen LogP) is 3.44. The summed E-state index contributed by atoms with van der Waals surface area (Å²) >= 11 is 0. The molecule has 1 saturated carbocycles. The van der Waals surface area contributed by atoms with Gasteiger partial charge in [-0.2, -0.15) is 0 Å². The predicted molar refractivity (Wildman–Crippen MR) is 84.3 cm³/mol. The second kappa shape index (κ2) is 7.25. The number of hydrogen-bond donors (Lipinski definition) is 1. The van der Waals surface area contributed by atoms with Crippen molar-refractivity contribution in [3.63, 3.8) is 0 Å². The van der Waals surface area contributed by atoms with Crippen LogP contribution in [0.4, 0.5) is 5.69 Å². The van der Waals surface area contributed by atoms with Crippen molar-refractivity contribution in [2.24, 2.45) is 0 Å². The lowest BCUT2D eigenvalue weighted by molar-refractivity contribution is -0.114. The van der Waals surface area contributed by atoms with E-state index in [1.165, 1.54) is 26.2 Å². The van der Waals surface area contributed by atoms with Crippen LogP contribution in [-0.2, 0) is 4.79 Å². The van der Waals surface area contributed by atoms with E-state index in [1.54, 1.807) is 12.1 Å². The molecule has 1 N–H and O–H groups in total. The topological polar surface area (TPSA) is 49.4 Å². The van der Waals surface area contributed by atoms with E-state index in [4.69, 9.17) is 0 Å². The van der Waals surface area contributed by atoms with E-state index >= 15 is 0 Å². The average molecular weight is 288 g/mol. The molecule has 0 radical (unpaired) electrons. The zero-order chi connectivity index (χ0) is 15.2. The Hall–Kier alpha value is -1.84. The van der Waals surface area contributed by atoms with Gasteiger partial charge in [-0.1, -0.05) is 25.3 Å². The maximum absolute atomic E-state index is 12.7. The van der Waals surface area contributed by atoms with Crippen LogP contribution >= 0.6 is 0 Å². The maximum atomic E-state index is 12.7. The Morgan fingerprint density at radius 2 is 1.95 bits per heavy atom. The van der Waals surface area contributed by atoms with Gasteiger partial charge in [0.2, 0.25) is 5.91 Å². The smallest absolute Gasteiger partial charge is 0.254 e. The summed E-state index contributed by atoms with van der Waals surface area (Å²) in [6.45, 7) is 4.23. The van der Waals surface area contributed by atoms with E-state index < -0.39 is 0 Å². The molecule has 0 aliphatic heterocycles. The van der Waals surface area contributed by atoms with Gasteiger partial charge in [-0.3, -0.25) is 9.59 Å². The minimum Gasteiger partial charge on any atom is -0.336 e. The maximum Gasteiger partial charge on any atom is 0.254 e. The van der Waals surface area contributed by atoms with Gasteiger partial charge in [0.1, 0.15) is 0 Å². The third-order valence-corrected chi connectivity index (χ3v) is 4.05. The quantitative estimate of drug-likeness (QED) is 0.922. The SMILES string of the molecule is CCN(C(=O)c1cccc(NC(C)=O)c1)C1CCCCC1. The number of anilines is 1. The number of nitrogens with one attached hydrogen (secondary N) is 1. The van der Waals surface area contributed by atoms with Gasteiger partial charge in [-0.05, 0) is 38.0 Å². The van der Waals surface area contributed by atoms with Crippen LogP contribution in [0.3, 0.4) is 0 Å². The van der Waals surface area contributed by atoms with Crippen molar-refractivity contribution in [2.45, 2.75) is 52.0 Å². The molecule has 1 aromatic rings. The minimum absolute atomic E-state index is 0.0663. The zero-order valence-electron chi connectivity index (χ0n) is 12.9. The van der Waals surface area contributed by atoms with E-state index in [0.29, 0.717) is 17.3 Å². The Kier molecular flexibility index (Phi) is 5.37. The van der Waals surface area contributed by atoms with Crippen LogP contribution in [0.15, 0.2) is 24.3 Å². The summed E-state index contributed by atoms with van der Waals surface area (Å²) in [5.74, 6) is -0.0594. The summed E-state index contributed by atoms with van der Waals surface area (Å²) in [6, 6.07) is 7.55. The fourth-order valence-corrected chi connectivity index (χ4v) is 3.06. The number of hydrogen-bond acceptors (Lipinski definition) is 2. The highest BCUT2D eigenvalue weighted by atomic mass is 16.2.